The van der Waals surface area contributed by atoms with Gasteiger partial charge in [-0.2, -0.15) is 12.7 Å². The Kier molecular flexibility index (Phi) is 4.90. The molecule has 0 fully saturated rings. The van der Waals surface area contributed by atoms with Crippen LogP contribution in [-0.4, -0.2) is 38.9 Å². The highest BCUT2D eigenvalue weighted by molar-refractivity contribution is 7.90. The first-order chi connectivity index (χ1) is 8.77. The summed E-state index contributed by atoms with van der Waals surface area (Å²) in [6.45, 7) is 3.54. The van der Waals surface area contributed by atoms with E-state index in [0.29, 0.717) is 5.69 Å². The van der Waals surface area contributed by atoms with Crippen molar-refractivity contribution in [1.29, 1.82) is 0 Å². The number of hydrogen-bond donors (Lipinski definition) is 1. The third-order valence-corrected chi connectivity index (χ3v) is 4.31. The molecular formula is C12H18N2O4S. The second-order valence-corrected chi connectivity index (χ2v) is 6.02. The Morgan fingerprint density at radius 2 is 2.00 bits per heavy atom. The summed E-state index contributed by atoms with van der Waals surface area (Å²) in [5.74, 6) is -0.515. The van der Waals surface area contributed by atoms with Crippen LogP contribution in [0.3, 0.4) is 0 Å². The van der Waals surface area contributed by atoms with Crippen molar-refractivity contribution >= 4 is 21.9 Å². The molecule has 1 aromatic carbocycles. The molecule has 0 aliphatic rings. The molecule has 0 saturated heterocycles. The Hall–Kier alpha value is -1.60. The predicted molar refractivity (Wildman–Crippen MR) is 73.2 cm³/mol. The molecule has 0 spiro atoms. The lowest BCUT2D eigenvalue weighted by Gasteiger charge is -2.21. The van der Waals surface area contributed by atoms with Crippen LogP contribution in [0, 0.1) is 0 Å². The van der Waals surface area contributed by atoms with Crippen molar-refractivity contribution in [2.45, 2.75) is 19.9 Å². The Labute approximate surface area is 113 Å². The summed E-state index contributed by atoms with van der Waals surface area (Å²) < 4.78 is 32.2. The minimum Gasteiger partial charge on any atom is -0.465 e. The van der Waals surface area contributed by atoms with Crippen LogP contribution in [-0.2, 0) is 14.9 Å². The molecule has 0 heterocycles. The largest absolute Gasteiger partial charge is 0.465 e. The predicted octanol–water partition coefficient (Wildman–Crippen LogP) is 1.47. The van der Waals surface area contributed by atoms with Gasteiger partial charge < -0.3 is 4.74 Å². The first kappa shape index (κ1) is 15.5. The molecule has 1 rings (SSSR count). The van der Waals surface area contributed by atoms with E-state index in [4.69, 9.17) is 0 Å². The van der Waals surface area contributed by atoms with Crippen LogP contribution >= 0.6 is 0 Å². The monoisotopic (exact) mass is 286 g/mol. The summed E-state index contributed by atoms with van der Waals surface area (Å²) in [5.41, 5.74) is 0.602. The van der Waals surface area contributed by atoms with Crippen LogP contribution < -0.4 is 4.72 Å². The van der Waals surface area contributed by atoms with E-state index in [2.05, 4.69) is 9.46 Å². The van der Waals surface area contributed by atoms with Crippen molar-refractivity contribution in [1.82, 2.24) is 4.31 Å². The van der Waals surface area contributed by atoms with Gasteiger partial charge in [-0.3, -0.25) is 4.72 Å². The lowest BCUT2D eigenvalue weighted by atomic mass is 10.2. The SMILES string of the molecule is COC(=O)c1cccc(NS(=O)(=O)N(C)C(C)C)c1. The van der Waals surface area contributed by atoms with Crippen LogP contribution in [0.2, 0.25) is 0 Å². The maximum absolute atomic E-state index is 12.0. The normalized spacial score (nSPS) is 11.7. The highest BCUT2D eigenvalue weighted by Crippen LogP contribution is 2.15. The maximum Gasteiger partial charge on any atom is 0.337 e. The lowest BCUT2D eigenvalue weighted by molar-refractivity contribution is 0.0601. The number of carbonyl (C=O) groups is 1. The minimum absolute atomic E-state index is 0.165. The van der Waals surface area contributed by atoms with E-state index >= 15 is 0 Å². The summed E-state index contributed by atoms with van der Waals surface area (Å²) >= 11 is 0. The number of nitrogens with zero attached hydrogens (tertiary/aromatic N) is 1. The molecular weight excluding hydrogens is 268 g/mol. The summed E-state index contributed by atoms with van der Waals surface area (Å²) in [7, 11) is -0.878. The number of nitrogens with one attached hydrogen (secondary N) is 1. The second kappa shape index (κ2) is 6.03. The van der Waals surface area contributed by atoms with E-state index in [9.17, 15) is 13.2 Å². The maximum atomic E-state index is 12.0. The van der Waals surface area contributed by atoms with Crippen molar-refractivity contribution in [2.75, 3.05) is 18.9 Å². The van der Waals surface area contributed by atoms with Gasteiger partial charge >= 0.3 is 16.2 Å². The molecule has 106 valence electrons. The first-order valence-electron chi connectivity index (χ1n) is 5.72. The summed E-state index contributed by atoms with van der Waals surface area (Å²) in [4.78, 5) is 11.4. The van der Waals surface area contributed by atoms with Crippen LogP contribution in [0.5, 0.6) is 0 Å². The quantitative estimate of drug-likeness (QED) is 0.832. The number of methoxy groups -OCH3 is 1. The van der Waals surface area contributed by atoms with Gasteiger partial charge in [0.1, 0.15) is 0 Å². The fourth-order valence-electron chi connectivity index (χ4n) is 1.33. The standard InChI is InChI=1S/C12H18N2O4S/c1-9(2)14(3)19(16,17)13-11-7-5-6-10(8-11)12(15)18-4/h5-9,13H,1-4H3. The molecule has 1 N–H and O–H groups in total. The molecule has 0 atom stereocenters. The van der Waals surface area contributed by atoms with E-state index in [-0.39, 0.29) is 11.6 Å². The van der Waals surface area contributed by atoms with Crippen molar-refractivity contribution < 1.29 is 17.9 Å². The van der Waals surface area contributed by atoms with Gasteiger partial charge in [0, 0.05) is 13.1 Å². The Morgan fingerprint density at radius 3 is 2.53 bits per heavy atom. The molecule has 0 aromatic heterocycles. The molecule has 0 aliphatic heterocycles. The molecule has 0 bridgehead atoms. The topological polar surface area (TPSA) is 75.7 Å². The van der Waals surface area contributed by atoms with Crippen molar-refractivity contribution in [3.8, 4) is 0 Å². The average Bonchev–Trinajstić information content (AvgIpc) is 2.36. The fraction of sp³-hybridized carbons (Fsp3) is 0.417. The van der Waals surface area contributed by atoms with Gasteiger partial charge in [0.25, 0.3) is 0 Å². The fourth-order valence-corrected chi connectivity index (χ4v) is 2.45. The van der Waals surface area contributed by atoms with Crippen molar-refractivity contribution in [3.63, 3.8) is 0 Å². The molecule has 19 heavy (non-hydrogen) atoms. The van der Waals surface area contributed by atoms with Gasteiger partial charge in [0.2, 0.25) is 0 Å². The summed E-state index contributed by atoms with van der Waals surface area (Å²) in [6, 6.07) is 5.96. The zero-order valence-electron chi connectivity index (χ0n) is 11.4. The van der Waals surface area contributed by atoms with Crippen molar-refractivity contribution in [3.05, 3.63) is 29.8 Å². The number of hydrogen-bond acceptors (Lipinski definition) is 4. The average molecular weight is 286 g/mol. The highest BCUT2D eigenvalue weighted by Gasteiger charge is 2.20. The Bertz CT molecular complexity index is 555. The molecule has 1 aromatic rings. The number of ether oxygens (including phenoxy) is 1. The molecule has 0 saturated carbocycles. The van der Waals surface area contributed by atoms with E-state index < -0.39 is 16.2 Å². The van der Waals surface area contributed by atoms with E-state index in [0.717, 1.165) is 0 Å². The molecule has 0 amide bonds. The van der Waals surface area contributed by atoms with Crippen LogP contribution in [0.1, 0.15) is 24.2 Å². The van der Waals surface area contributed by atoms with Crippen molar-refractivity contribution in [2.24, 2.45) is 0 Å². The van der Waals surface area contributed by atoms with Gasteiger partial charge in [0.15, 0.2) is 0 Å². The lowest BCUT2D eigenvalue weighted by Crippen LogP contribution is -2.37. The van der Waals surface area contributed by atoms with Gasteiger partial charge in [0.05, 0.1) is 18.4 Å². The third kappa shape index (κ3) is 3.93. The number of benzene rings is 1. The zero-order chi connectivity index (χ0) is 14.6. The Morgan fingerprint density at radius 1 is 1.37 bits per heavy atom. The number of anilines is 1. The van der Waals surface area contributed by atoms with E-state index in [1.54, 1.807) is 32.0 Å². The van der Waals surface area contributed by atoms with E-state index in [1.807, 2.05) is 0 Å². The molecule has 7 heteroatoms. The highest BCUT2D eigenvalue weighted by atomic mass is 32.2. The molecule has 0 aliphatic carbocycles. The van der Waals surface area contributed by atoms with Crippen LogP contribution in [0.4, 0.5) is 5.69 Å². The van der Waals surface area contributed by atoms with Gasteiger partial charge in [-0.25, -0.2) is 4.79 Å². The minimum atomic E-state index is -3.63. The number of esters is 1. The summed E-state index contributed by atoms with van der Waals surface area (Å²) in [5, 5.41) is 0. The second-order valence-electron chi connectivity index (χ2n) is 4.29. The van der Waals surface area contributed by atoms with Gasteiger partial charge in [-0.1, -0.05) is 6.07 Å². The number of carbonyl (C=O) groups excluding carboxylic acids is 1. The Balaban J connectivity index is 2.97. The van der Waals surface area contributed by atoms with Gasteiger partial charge in [-0.05, 0) is 32.0 Å². The summed E-state index contributed by atoms with van der Waals surface area (Å²) in [6.07, 6.45) is 0. The molecule has 6 nitrogen and oxygen atoms in total. The smallest absolute Gasteiger partial charge is 0.337 e. The third-order valence-electron chi connectivity index (χ3n) is 2.64. The zero-order valence-corrected chi connectivity index (χ0v) is 12.2. The molecule has 0 unspecified atom stereocenters. The van der Waals surface area contributed by atoms with Gasteiger partial charge in [-0.15, -0.1) is 0 Å². The molecule has 0 radical (unpaired) electrons. The van der Waals surface area contributed by atoms with Crippen LogP contribution in [0.25, 0.3) is 0 Å². The first-order valence-corrected chi connectivity index (χ1v) is 7.16. The number of rotatable bonds is 5. The van der Waals surface area contributed by atoms with Crippen LogP contribution in [0.15, 0.2) is 24.3 Å². The van der Waals surface area contributed by atoms with E-state index in [1.165, 1.54) is 24.5 Å².